The number of para-hydroxylation sites is 1. The highest BCUT2D eigenvalue weighted by atomic mass is 32.1. The molecule has 1 amide bonds. The number of pyridine rings is 1. The molecule has 0 radical (unpaired) electrons. The number of rotatable bonds is 12. The lowest BCUT2D eigenvalue weighted by molar-refractivity contribution is -0.138. The third-order valence-electron chi connectivity index (χ3n) is 11.0. The van der Waals surface area contributed by atoms with Crippen molar-refractivity contribution in [2.75, 3.05) is 43.0 Å². The van der Waals surface area contributed by atoms with E-state index in [1.165, 1.54) is 11.3 Å². The molecule has 2 aromatic heterocycles. The van der Waals surface area contributed by atoms with Gasteiger partial charge in [0.15, 0.2) is 10.8 Å². The van der Waals surface area contributed by atoms with Crippen LogP contribution < -0.4 is 15.0 Å². The van der Waals surface area contributed by atoms with Gasteiger partial charge in [0, 0.05) is 24.2 Å². The number of hydrogen-bond donors (Lipinski definition) is 2. The highest BCUT2D eigenvalue weighted by Crippen LogP contribution is 2.35. The number of amides is 1. The van der Waals surface area contributed by atoms with E-state index in [4.69, 9.17) is 19.6 Å². The molecule has 12 heteroatoms. The first-order chi connectivity index (χ1) is 27.3. The number of fused-ring (bicyclic) bond motifs is 2. The summed E-state index contributed by atoms with van der Waals surface area (Å²) in [6, 6.07) is 23.4. The van der Waals surface area contributed by atoms with Crippen molar-refractivity contribution < 1.29 is 29.0 Å². The largest absolute Gasteiger partial charge is 0.494 e. The number of benzene rings is 3. The predicted octanol–water partition coefficient (Wildman–Crippen LogP) is 8.64. The van der Waals surface area contributed by atoms with Crippen LogP contribution in [0.5, 0.6) is 5.75 Å². The van der Waals surface area contributed by atoms with Crippen molar-refractivity contribution in [3.05, 3.63) is 101 Å². The smallest absolute Gasteiger partial charge is 0.358 e. The molecule has 2 aliphatic rings. The second-order valence-corrected chi connectivity index (χ2v) is 17.3. The molecule has 0 spiro atoms. The maximum Gasteiger partial charge on any atom is 0.358 e. The Morgan fingerprint density at radius 1 is 0.965 bits per heavy atom. The average molecular weight is 790 g/mol. The first-order valence-corrected chi connectivity index (χ1v) is 20.6. The van der Waals surface area contributed by atoms with Gasteiger partial charge in [-0.15, -0.1) is 0 Å². The minimum atomic E-state index is -0.769. The van der Waals surface area contributed by atoms with E-state index in [9.17, 15) is 14.4 Å². The van der Waals surface area contributed by atoms with Crippen molar-refractivity contribution in [2.45, 2.75) is 72.4 Å². The van der Waals surface area contributed by atoms with Crippen LogP contribution in [0.25, 0.3) is 21.3 Å². The van der Waals surface area contributed by atoms with Gasteiger partial charge in [0.2, 0.25) is 0 Å². The predicted molar refractivity (Wildman–Crippen MR) is 224 cm³/mol. The molecule has 0 aliphatic carbocycles. The van der Waals surface area contributed by atoms with Gasteiger partial charge in [0.25, 0.3) is 5.91 Å². The summed E-state index contributed by atoms with van der Waals surface area (Å²) >= 11 is 1.45. The van der Waals surface area contributed by atoms with E-state index in [1.54, 1.807) is 0 Å². The molecule has 1 atom stereocenters. The van der Waals surface area contributed by atoms with E-state index in [0.29, 0.717) is 60.0 Å². The first-order valence-electron chi connectivity index (χ1n) is 19.8. The zero-order chi connectivity index (χ0) is 40.3. The lowest BCUT2D eigenvalue weighted by atomic mass is 9.84. The van der Waals surface area contributed by atoms with Crippen LogP contribution in [0.2, 0.25) is 0 Å². The molecule has 4 heterocycles. The zero-order valence-corrected chi connectivity index (χ0v) is 34.2. The Balaban J connectivity index is 1.06. The molecule has 5 aromatic rings. The van der Waals surface area contributed by atoms with Crippen molar-refractivity contribution in [3.63, 3.8) is 0 Å². The van der Waals surface area contributed by atoms with Gasteiger partial charge in [0.1, 0.15) is 17.2 Å². The van der Waals surface area contributed by atoms with Crippen LogP contribution in [0.4, 0.5) is 10.9 Å². The molecule has 298 valence electrons. The number of nitrogens with zero attached hydrogens (tertiary/aromatic N) is 4. The van der Waals surface area contributed by atoms with Crippen LogP contribution in [0, 0.1) is 18.8 Å². The molecule has 0 bridgehead atoms. The molecule has 2 aliphatic heterocycles. The minimum absolute atomic E-state index is 0.113. The van der Waals surface area contributed by atoms with Gasteiger partial charge in [-0.1, -0.05) is 48.6 Å². The van der Waals surface area contributed by atoms with E-state index in [2.05, 4.69) is 28.2 Å². The fourth-order valence-corrected chi connectivity index (χ4v) is 8.76. The first kappa shape index (κ1) is 39.9. The number of carbonyl (C=O) groups is 3. The summed E-state index contributed by atoms with van der Waals surface area (Å²) in [5, 5.41) is 12.7. The number of anilines is 2. The van der Waals surface area contributed by atoms with Gasteiger partial charge in [-0.3, -0.25) is 19.8 Å². The molecule has 2 N–H and O–H groups in total. The van der Waals surface area contributed by atoms with Gasteiger partial charge >= 0.3 is 11.9 Å². The highest BCUT2D eigenvalue weighted by molar-refractivity contribution is 7.22. The van der Waals surface area contributed by atoms with Gasteiger partial charge in [-0.2, -0.15) is 0 Å². The number of ether oxygens (including phenoxy) is 2. The standard InChI is InChI=1S/C45H51N5O6S/c1-28(30-17-21-49(22-18-30)27-40(51)52)20-24-55-32-13-14-33(29(2)25-32)34-15-16-39(47-41(34)43(54)56-45(3,4)5)50-23-19-31-9-8-10-35(36(31)26-50)42(53)48-44-46-37-11-6-7-12-38(37)57-44/h6-16,25,28,30H,17-24,26-27H2,1-5H3,(H,51,52)(H,46,48,53)/t28-/m1/s1. The Hall–Kier alpha value is -5.33. The number of carboxylic acids is 1. The third-order valence-corrected chi connectivity index (χ3v) is 11.9. The minimum Gasteiger partial charge on any atom is -0.494 e. The monoisotopic (exact) mass is 789 g/mol. The molecule has 0 saturated carbocycles. The molecule has 1 saturated heterocycles. The van der Waals surface area contributed by atoms with Crippen molar-refractivity contribution in [1.82, 2.24) is 14.9 Å². The fourth-order valence-electron chi connectivity index (χ4n) is 7.90. The number of nitrogens with one attached hydrogen (secondary N) is 1. The second kappa shape index (κ2) is 17.0. The number of hydrogen-bond acceptors (Lipinski definition) is 10. The Labute approximate surface area is 338 Å². The third kappa shape index (κ3) is 9.62. The van der Waals surface area contributed by atoms with Crippen LogP contribution in [0.3, 0.4) is 0 Å². The molecule has 57 heavy (non-hydrogen) atoms. The van der Waals surface area contributed by atoms with E-state index in [1.807, 2.05) is 99.3 Å². The topological polar surface area (TPSA) is 134 Å². The molecule has 0 unspecified atom stereocenters. The number of likely N-dealkylation sites (tertiary alicyclic amines) is 1. The zero-order valence-electron chi connectivity index (χ0n) is 33.3. The van der Waals surface area contributed by atoms with Crippen LogP contribution in [0.15, 0.2) is 72.8 Å². The van der Waals surface area contributed by atoms with E-state index >= 15 is 0 Å². The number of aliphatic carboxylic acids is 1. The number of aromatic nitrogens is 2. The summed E-state index contributed by atoms with van der Waals surface area (Å²) in [6.45, 7) is 13.3. The van der Waals surface area contributed by atoms with Gasteiger partial charge in [-0.05, 0) is 143 Å². The normalized spacial score (nSPS) is 15.6. The van der Waals surface area contributed by atoms with Crippen molar-refractivity contribution in [2.24, 2.45) is 11.8 Å². The van der Waals surface area contributed by atoms with Crippen LogP contribution in [-0.2, 0) is 22.5 Å². The Bertz CT molecular complexity index is 2240. The molecular formula is C45H51N5O6S. The summed E-state index contributed by atoms with van der Waals surface area (Å²) in [5.74, 6) is 0.938. The second-order valence-electron chi connectivity index (χ2n) is 16.2. The lowest BCUT2D eigenvalue weighted by Gasteiger charge is -2.34. The van der Waals surface area contributed by atoms with E-state index in [-0.39, 0.29) is 18.1 Å². The molecule has 11 nitrogen and oxygen atoms in total. The quantitative estimate of drug-likeness (QED) is 0.118. The van der Waals surface area contributed by atoms with Crippen molar-refractivity contribution >= 4 is 50.3 Å². The van der Waals surface area contributed by atoms with Crippen LogP contribution in [-0.4, -0.2) is 76.2 Å². The Kier molecular flexibility index (Phi) is 11.9. The van der Waals surface area contributed by atoms with Gasteiger partial charge in [0.05, 0.1) is 23.4 Å². The number of piperidine rings is 1. The summed E-state index contributed by atoms with van der Waals surface area (Å²) in [5.41, 5.74) is 5.46. The molecular weight excluding hydrogens is 739 g/mol. The summed E-state index contributed by atoms with van der Waals surface area (Å²) < 4.78 is 13.1. The molecule has 3 aromatic carbocycles. The number of aryl methyl sites for hydroxylation is 1. The number of carbonyl (C=O) groups excluding carboxylic acids is 2. The molecule has 7 rings (SSSR count). The Morgan fingerprint density at radius 3 is 2.47 bits per heavy atom. The number of thiazole rings is 1. The fraction of sp³-hybridized carbons (Fsp3) is 0.400. The maximum atomic E-state index is 13.8. The lowest BCUT2D eigenvalue weighted by Crippen LogP contribution is -2.38. The Morgan fingerprint density at radius 2 is 1.74 bits per heavy atom. The van der Waals surface area contributed by atoms with Crippen LogP contribution in [0.1, 0.15) is 84.5 Å². The SMILES string of the molecule is Cc1cc(OCC[C@@H](C)C2CCN(CC(=O)O)CC2)ccc1-c1ccc(N2CCc3cccc(C(=O)Nc4nc5ccccc5s4)c3C2)nc1C(=O)OC(C)(C)C. The van der Waals surface area contributed by atoms with Gasteiger partial charge < -0.3 is 19.5 Å². The number of esters is 1. The summed E-state index contributed by atoms with van der Waals surface area (Å²) in [6.07, 6.45) is 3.64. The molecule has 1 fully saturated rings. The van der Waals surface area contributed by atoms with E-state index < -0.39 is 17.5 Å². The van der Waals surface area contributed by atoms with Crippen molar-refractivity contribution in [3.8, 4) is 16.9 Å². The average Bonchev–Trinajstić information content (AvgIpc) is 3.59. The van der Waals surface area contributed by atoms with Crippen molar-refractivity contribution in [1.29, 1.82) is 0 Å². The summed E-state index contributed by atoms with van der Waals surface area (Å²) in [7, 11) is 0. The van der Waals surface area contributed by atoms with Gasteiger partial charge in [-0.25, -0.2) is 14.8 Å². The van der Waals surface area contributed by atoms with E-state index in [0.717, 1.165) is 70.6 Å². The number of carboxylic acid groups (broad SMARTS) is 1. The van der Waals surface area contributed by atoms with Crippen LogP contribution >= 0.6 is 11.3 Å². The highest BCUT2D eigenvalue weighted by Gasteiger charge is 2.28. The summed E-state index contributed by atoms with van der Waals surface area (Å²) in [4.78, 5) is 52.3. The maximum absolute atomic E-state index is 13.8.